The highest BCUT2D eigenvalue weighted by molar-refractivity contribution is 7.80. The molecule has 0 spiro atoms. The molecule has 0 aromatic heterocycles. The second kappa shape index (κ2) is 5.50. The summed E-state index contributed by atoms with van der Waals surface area (Å²) in [6.07, 6.45) is -0.385. The van der Waals surface area contributed by atoms with E-state index < -0.39 is 12.6 Å². The van der Waals surface area contributed by atoms with Crippen molar-refractivity contribution in [3.63, 3.8) is 0 Å². The van der Waals surface area contributed by atoms with E-state index in [4.69, 9.17) is 10.4 Å². The molecule has 1 N–H and O–H groups in total. The number of aliphatic carboxylic acids is 1. The van der Waals surface area contributed by atoms with Gasteiger partial charge in [0.15, 0.2) is 0 Å². The highest BCUT2D eigenvalue weighted by atomic mass is 32.1. The Bertz CT molecular complexity index is 485. The van der Waals surface area contributed by atoms with Crippen molar-refractivity contribution >= 4 is 18.6 Å². The third-order valence-corrected chi connectivity index (χ3v) is 2.28. The molecule has 90 valence electrons. The van der Waals surface area contributed by atoms with Crippen LogP contribution >= 0.6 is 12.6 Å². The zero-order chi connectivity index (χ0) is 13.0. The highest BCUT2D eigenvalue weighted by Gasteiger charge is 2.14. The number of alkyl halides is 2. The number of hydrogen-bond acceptors (Lipinski definition) is 4. The SMILES string of the molecule is N#Cc1cc(S)c(CC(=O)O)cc1OC(F)F. The van der Waals surface area contributed by atoms with Crippen molar-refractivity contribution in [3.8, 4) is 11.8 Å². The fraction of sp³-hybridized carbons (Fsp3) is 0.200. The molecule has 0 saturated carbocycles. The topological polar surface area (TPSA) is 70.3 Å². The Kier molecular flexibility index (Phi) is 4.29. The van der Waals surface area contributed by atoms with Gasteiger partial charge in [-0.2, -0.15) is 14.0 Å². The normalized spacial score (nSPS) is 10.1. The lowest BCUT2D eigenvalue weighted by atomic mass is 10.1. The summed E-state index contributed by atoms with van der Waals surface area (Å²) in [5.41, 5.74) is 0.0833. The van der Waals surface area contributed by atoms with Crippen LogP contribution in [0.5, 0.6) is 5.75 Å². The van der Waals surface area contributed by atoms with Gasteiger partial charge in [-0.1, -0.05) is 0 Å². The number of carboxylic acids is 1. The number of ether oxygens (including phenoxy) is 1. The summed E-state index contributed by atoms with van der Waals surface area (Å²) >= 11 is 3.98. The standard InChI is InChI=1S/C10H7F2NO3S/c11-10(12)16-7-1-5(3-9(14)15)8(17)2-6(7)4-13/h1-2,10,17H,3H2,(H,14,15). The van der Waals surface area contributed by atoms with Gasteiger partial charge < -0.3 is 9.84 Å². The number of thiol groups is 1. The molecule has 0 unspecified atom stereocenters. The zero-order valence-corrected chi connectivity index (χ0v) is 9.25. The first-order valence-electron chi connectivity index (χ1n) is 4.36. The van der Waals surface area contributed by atoms with Crippen molar-refractivity contribution < 1.29 is 23.4 Å². The van der Waals surface area contributed by atoms with Crippen LogP contribution in [0.15, 0.2) is 17.0 Å². The number of hydrogen-bond donors (Lipinski definition) is 2. The maximum Gasteiger partial charge on any atom is 0.387 e. The third kappa shape index (κ3) is 3.60. The molecule has 7 heteroatoms. The smallest absolute Gasteiger partial charge is 0.387 e. The van der Waals surface area contributed by atoms with Crippen molar-refractivity contribution in [1.82, 2.24) is 0 Å². The first-order chi connectivity index (χ1) is 7.93. The van der Waals surface area contributed by atoms with E-state index in [0.29, 0.717) is 0 Å². The molecule has 1 aromatic carbocycles. The number of rotatable bonds is 4. The number of carbonyl (C=O) groups is 1. The number of benzene rings is 1. The maximum atomic E-state index is 12.1. The first-order valence-corrected chi connectivity index (χ1v) is 4.81. The molecule has 0 atom stereocenters. The first kappa shape index (κ1) is 13.3. The maximum absolute atomic E-state index is 12.1. The van der Waals surface area contributed by atoms with Gasteiger partial charge in [0.2, 0.25) is 0 Å². The van der Waals surface area contributed by atoms with Gasteiger partial charge in [-0.25, -0.2) is 0 Å². The van der Waals surface area contributed by atoms with Crippen LogP contribution in [0.2, 0.25) is 0 Å². The minimum Gasteiger partial charge on any atom is -0.481 e. The monoisotopic (exact) mass is 259 g/mol. The summed E-state index contributed by atoms with van der Waals surface area (Å²) in [5.74, 6) is -1.48. The van der Waals surface area contributed by atoms with Gasteiger partial charge in [0.25, 0.3) is 0 Å². The fourth-order valence-corrected chi connectivity index (χ4v) is 1.47. The van der Waals surface area contributed by atoms with E-state index in [-0.39, 0.29) is 28.2 Å². The van der Waals surface area contributed by atoms with E-state index >= 15 is 0 Å². The third-order valence-electron chi connectivity index (χ3n) is 1.86. The van der Waals surface area contributed by atoms with Crippen molar-refractivity contribution in [2.45, 2.75) is 17.9 Å². The Morgan fingerprint density at radius 3 is 2.71 bits per heavy atom. The molecule has 0 amide bonds. The van der Waals surface area contributed by atoms with Crippen LogP contribution in [-0.4, -0.2) is 17.7 Å². The van der Waals surface area contributed by atoms with Crippen molar-refractivity contribution in [1.29, 1.82) is 5.26 Å². The Morgan fingerprint density at radius 2 is 2.24 bits per heavy atom. The second-order valence-electron chi connectivity index (χ2n) is 3.04. The number of halogens is 2. The van der Waals surface area contributed by atoms with Gasteiger partial charge in [0.05, 0.1) is 12.0 Å². The van der Waals surface area contributed by atoms with E-state index in [1.807, 2.05) is 0 Å². The van der Waals surface area contributed by atoms with Crippen LogP contribution in [0.1, 0.15) is 11.1 Å². The Labute approximate surface area is 101 Å². The zero-order valence-electron chi connectivity index (χ0n) is 8.35. The summed E-state index contributed by atoms with van der Waals surface area (Å²) in [6, 6.07) is 3.95. The molecule has 0 saturated heterocycles. The van der Waals surface area contributed by atoms with Crippen LogP contribution in [0.4, 0.5) is 8.78 Å². The molecule has 4 nitrogen and oxygen atoms in total. The summed E-state index contributed by atoms with van der Waals surface area (Å²) in [7, 11) is 0. The summed E-state index contributed by atoms with van der Waals surface area (Å²) < 4.78 is 28.3. The average Bonchev–Trinajstić information content (AvgIpc) is 2.21. The van der Waals surface area contributed by atoms with Gasteiger partial charge in [0, 0.05) is 4.90 Å². The van der Waals surface area contributed by atoms with Gasteiger partial charge in [-0.3, -0.25) is 4.79 Å². The number of nitriles is 1. The summed E-state index contributed by atoms with van der Waals surface area (Å²) in [4.78, 5) is 10.8. The molecule has 0 aliphatic rings. The van der Waals surface area contributed by atoms with Gasteiger partial charge in [-0.05, 0) is 17.7 Å². The minimum absolute atomic E-state index is 0.121. The predicted molar refractivity (Wildman–Crippen MR) is 56.4 cm³/mol. The lowest BCUT2D eigenvalue weighted by Gasteiger charge is -2.10. The van der Waals surface area contributed by atoms with Crippen molar-refractivity contribution in [2.75, 3.05) is 0 Å². The molecule has 0 heterocycles. The lowest BCUT2D eigenvalue weighted by Crippen LogP contribution is -2.06. The van der Waals surface area contributed by atoms with Crippen molar-refractivity contribution in [3.05, 3.63) is 23.3 Å². The van der Waals surface area contributed by atoms with E-state index in [2.05, 4.69) is 17.4 Å². The summed E-state index contributed by atoms with van der Waals surface area (Å²) in [5, 5.41) is 17.3. The fourth-order valence-electron chi connectivity index (χ4n) is 1.20. The molecular formula is C10H7F2NO3S. The molecule has 1 rings (SSSR count). The molecule has 0 bridgehead atoms. The largest absolute Gasteiger partial charge is 0.481 e. The Hall–Kier alpha value is -1.81. The van der Waals surface area contributed by atoms with Crippen LogP contribution in [0, 0.1) is 11.3 Å². The van der Waals surface area contributed by atoms with Crippen LogP contribution in [0.3, 0.4) is 0 Å². The van der Waals surface area contributed by atoms with Gasteiger partial charge in [0.1, 0.15) is 11.8 Å². The van der Waals surface area contributed by atoms with E-state index in [9.17, 15) is 13.6 Å². The number of carboxylic acid groups (broad SMARTS) is 1. The Morgan fingerprint density at radius 1 is 1.59 bits per heavy atom. The Balaban J connectivity index is 3.18. The molecule has 17 heavy (non-hydrogen) atoms. The average molecular weight is 259 g/mol. The van der Waals surface area contributed by atoms with Crippen LogP contribution in [-0.2, 0) is 11.2 Å². The molecule has 0 aliphatic heterocycles. The second-order valence-corrected chi connectivity index (χ2v) is 3.52. The molecule has 0 aliphatic carbocycles. The predicted octanol–water partition coefficient (Wildman–Crippen LogP) is 2.08. The molecule has 1 aromatic rings. The van der Waals surface area contributed by atoms with Gasteiger partial charge >= 0.3 is 12.6 Å². The minimum atomic E-state index is -3.08. The van der Waals surface area contributed by atoms with E-state index in [0.717, 1.165) is 6.07 Å². The molecule has 0 fully saturated rings. The van der Waals surface area contributed by atoms with Crippen LogP contribution in [0.25, 0.3) is 0 Å². The van der Waals surface area contributed by atoms with E-state index in [1.54, 1.807) is 6.07 Å². The summed E-state index contributed by atoms with van der Waals surface area (Å²) in [6.45, 7) is -3.08. The van der Waals surface area contributed by atoms with E-state index in [1.165, 1.54) is 6.07 Å². The van der Waals surface area contributed by atoms with Gasteiger partial charge in [-0.15, -0.1) is 12.6 Å². The van der Waals surface area contributed by atoms with Crippen LogP contribution < -0.4 is 4.74 Å². The lowest BCUT2D eigenvalue weighted by molar-refractivity contribution is -0.136. The number of nitrogens with zero attached hydrogens (tertiary/aromatic N) is 1. The van der Waals surface area contributed by atoms with Crippen molar-refractivity contribution in [2.24, 2.45) is 0 Å². The quantitative estimate of drug-likeness (QED) is 0.812. The molecule has 0 radical (unpaired) electrons. The highest BCUT2D eigenvalue weighted by Crippen LogP contribution is 2.27. The molecular weight excluding hydrogens is 252 g/mol.